The number of alkyl halides is 3. The minimum Gasteiger partial charge on any atom is -0.364 e. The van der Waals surface area contributed by atoms with Crippen LogP contribution < -0.4 is 10.6 Å². The molecule has 0 aliphatic rings. The molecule has 0 radical (unpaired) electrons. The summed E-state index contributed by atoms with van der Waals surface area (Å²) in [6.07, 6.45) is -4.41. The van der Waals surface area contributed by atoms with Crippen molar-refractivity contribution in [2.24, 2.45) is 0 Å². The molecule has 28 heavy (non-hydrogen) atoms. The first kappa shape index (κ1) is 18.2. The molecule has 0 aliphatic heterocycles. The van der Waals surface area contributed by atoms with E-state index in [1.807, 2.05) is 41.8 Å². The number of thiophene rings is 1. The predicted molar refractivity (Wildman–Crippen MR) is 106 cm³/mol. The highest BCUT2D eigenvalue weighted by Crippen LogP contribution is 2.31. The third-order valence-electron chi connectivity index (χ3n) is 4.06. The Hall–Kier alpha value is -3.13. The lowest BCUT2D eigenvalue weighted by Gasteiger charge is -2.13. The van der Waals surface area contributed by atoms with Gasteiger partial charge in [-0.3, -0.25) is 0 Å². The summed E-state index contributed by atoms with van der Waals surface area (Å²) in [5.74, 6) is 0.847. The summed E-state index contributed by atoms with van der Waals surface area (Å²) >= 11 is 1.63. The number of rotatable bonds is 5. The Balaban J connectivity index is 1.66. The summed E-state index contributed by atoms with van der Waals surface area (Å²) in [6.45, 7) is 0.599. The molecule has 142 valence electrons. The number of halogens is 3. The minimum absolute atomic E-state index is 0.228. The normalized spacial score (nSPS) is 11.5. The van der Waals surface area contributed by atoms with Crippen molar-refractivity contribution in [1.29, 1.82) is 0 Å². The number of anilines is 3. The van der Waals surface area contributed by atoms with Crippen LogP contribution in [0.1, 0.15) is 10.4 Å². The van der Waals surface area contributed by atoms with Gasteiger partial charge in [0.1, 0.15) is 5.82 Å². The maximum absolute atomic E-state index is 12.9. The first-order valence-corrected chi connectivity index (χ1v) is 9.34. The van der Waals surface area contributed by atoms with Gasteiger partial charge in [-0.05, 0) is 41.8 Å². The second-order valence-corrected chi connectivity index (χ2v) is 7.08. The zero-order valence-electron chi connectivity index (χ0n) is 14.5. The van der Waals surface area contributed by atoms with E-state index >= 15 is 0 Å². The maximum atomic E-state index is 12.9. The monoisotopic (exact) mass is 400 g/mol. The van der Waals surface area contributed by atoms with Gasteiger partial charge in [-0.15, -0.1) is 11.3 Å². The predicted octanol–water partition coefficient (Wildman–Crippen LogP) is 6.07. The zero-order valence-corrected chi connectivity index (χ0v) is 15.3. The van der Waals surface area contributed by atoms with Gasteiger partial charge in [-0.1, -0.05) is 24.3 Å². The number of para-hydroxylation sites is 1. The Labute approximate surface area is 163 Å². The van der Waals surface area contributed by atoms with E-state index in [0.29, 0.717) is 17.9 Å². The summed E-state index contributed by atoms with van der Waals surface area (Å²) in [5.41, 5.74) is 0.240. The van der Waals surface area contributed by atoms with E-state index in [1.54, 1.807) is 17.4 Å². The topological polar surface area (TPSA) is 49.8 Å². The van der Waals surface area contributed by atoms with Crippen molar-refractivity contribution in [3.8, 4) is 0 Å². The Morgan fingerprint density at radius 2 is 1.79 bits per heavy atom. The van der Waals surface area contributed by atoms with E-state index in [-0.39, 0.29) is 11.6 Å². The fraction of sp³-hybridized carbons (Fsp3) is 0.100. The molecule has 2 aromatic heterocycles. The largest absolute Gasteiger partial charge is 0.416 e. The summed E-state index contributed by atoms with van der Waals surface area (Å²) < 4.78 is 38.8. The summed E-state index contributed by atoms with van der Waals surface area (Å²) in [5, 5.41) is 9.01. The molecule has 0 saturated heterocycles. The Morgan fingerprint density at radius 1 is 0.929 bits per heavy atom. The van der Waals surface area contributed by atoms with Gasteiger partial charge in [-0.25, -0.2) is 4.98 Å². The van der Waals surface area contributed by atoms with Crippen LogP contribution in [0.15, 0.2) is 66.0 Å². The van der Waals surface area contributed by atoms with Crippen molar-refractivity contribution in [2.75, 3.05) is 10.6 Å². The molecule has 0 bridgehead atoms. The van der Waals surface area contributed by atoms with Crippen LogP contribution in [-0.4, -0.2) is 9.97 Å². The lowest BCUT2D eigenvalue weighted by atomic mass is 10.2. The average molecular weight is 400 g/mol. The molecule has 4 aromatic rings. The highest BCUT2D eigenvalue weighted by molar-refractivity contribution is 7.09. The van der Waals surface area contributed by atoms with Crippen LogP contribution in [0.5, 0.6) is 0 Å². The number of nitrogens with zero attached hydrogens (tertiary/aromatic N) is 2. The van der Waals surface area contributed by atoms with E-state index in [1.165, 1.54) is 6.07 Å². The first-order valence-electron chi connectivity index (χ1n) is 8.46. The molecular weight excluding hydrogens is 385 g/mol. The van der Waals surface area contributed by atoms with Crippen LogP contribution in [0.2, 0.25) is 0 Å². The van der Waals surface area contributed by atoms with Crippen LogP contribution in [0.4, 0.5) is 30.6 Å². The van der Waals surface area contributed by atoms with E-state index < -0.39 is 11.7 Å². The first-order chi connectivity index (χ1) is 13.5. The van der Waals surface area contributed by atoms with Crippen LogP contribution in [0.3, 0.4) is 0 Å². The number of nitrogens with one attached hydrogen (secondary N) is 2. The third kappa shape index (κ3) is 4.07. The van der Waals surface area contributed by atoms with E-state index in [9.17, 15) is 13.2 Å². The molecule has 0 spiro atoms. The lowest BCUT2D eigenvalue weighted by molar-refractivity contribution is -0.137. The van der Waals surface area contributed by atoms with E-state index in [0.717, 1.165) is 22.4 Å². The van der Waals surface area contributed by atoms with E-state index in [2.05, 4.69) is 20.6 Å². The van der Waals surface area contributed by atoms with E-state index in [4.69, 9.17) is 0 Å². The molecule has 2 heterocycles. The van der Waals surface area contributed by atoms with Crippen LogP contribution >= 0.6 is 11.3 Å². The Bertz CT molecular complexity index is 1090. The molecule has 0 aliphatic carbocycles. The number of aromatic nitrogens is 2. The van der Waals surface area contributed by atoms with Crippen molar-refractivity contribution in [3.63, 3.8) is 0 Å². The van der Waals surface area contributed by atoms with Crippen molar-refractivity contribution < 1.29 is 13.2 Å². The van der Waals surface area contributed by atoms with Crippen LogP contribution in [0.25, 0.3) is 10.9 Å². The Morgan fingerprint density at radius 3 is 2.57 bits per heavy atom. The Kier molecular flexibility index (Phi) is 4.87. The fourth-order valence-electron chi connectivity index (χ4n) is 2.75. The fourth-order valence-corrected chi connectivity index (χ4v) is 3.40. The van der Waals surface area contributed by atoms with Crippen molar-refractivity contribution in [1.82, 2.24) is 9.97 Å². The second kappa shape index (κ2) is 7.47. The van der Waals surface area contributed by atoms with Gasteiger partial charge >= 0.3 is 6.18 Å². The van der Waals surface area contributed by atoms with Gasteiger partial charge in [0.05, 0.1) is 17.6 Å². The standard InChI is InChI=1S/C20H15F3N4S/c21-20(22,23)13-5-3-6-14(11-13)25-19-26-17-9-2-1-8-16(17)18(27-19)24-12-15-7-4-10-28-15/h1-11H,12H2,(H2,24,25,26,27). The maximum Gasteiger partial charge on any atom is 0.416 e. The molecule has 0 fully saturated rings. The minimum atomic E-state index is -4.41. The summed E-state index contributed by atoms with van der Waals surface area (Å²) in [4.78, 5) is 10.1. The molecule has 0 amide bonds. The van der Waals surface area contributed by atoms with Gasteiger partial charge in [-0.2, -0.15) is 18.2 Å². The molecule has 2 aromatic carbocycles. The van der Waals surface area contributed by atoms with Gasteiger partial charge < -0.3 is 10.6 Å². The quantitative estimate of drug-likeness (QED) is 0.427. The van der Waals surface area contributed by atoms with Gasteiger partial charge in [0.15, 0.2) is 0 Å². The SMILES string of the molecule is FC(F)(F)c1cccc(Nc2nc(NCc3cccs3)c3ccccc3n2)c1. The number of hydrogen-bond donors (Lipinski definition) is 2. The molecule has 0 saturated carbocycles. The van der Waals surface area contributed by atoms with Gasteiger partial charge in [0.25, 0.3) is 0 Å². The van der Waals surface area contributed by atoms with Gasteiger partial charge in [0, 0.05) is 16.0 Å². The molecule has 8 heteroatoms. The van der Waals surface area contributed by atoms with Crippen molar-refractivity contribution >= 4 is 39.7 Å². The highest BCUT2D eigenvalue weighted by atomic mass is 32.1. The lowest BCUT2D eigenvalue weighted by Crippen LogP contribution is -2.07. The van der Waals surface area contributed by atoms with Crippen molar-refractivity contribution in [2.45, 2.75) is 12.7 Å². The number of fused-ring (bicyclic) bond motifs is 1. The van der Waals surface area contributed by atoms with Gasteiger partial charge in [0.2, 0.25) is 5.95 Å². The highest BCUT2D eigenvalue weighted by Gasteiger charge is 2.30. The molecule has 0 atom stereocenters. The average Bonchev–Trinajstić information content (AvgIpc) is 3.19. The summed E-state index contributed by atoms with van der Waals surface area (Å²) in [7, 11) is 0. The smallest absolute Gasteiger partial charge is 0.364 e. The number of benzene rings is 2. The third-order valence-corrected chi connectivity index (χ3v) is 4.94. The molecule has 4 nitrogen and oxygen atoms in total. The molecule has 0 unspecified atom stereocenters. The number of hydrogen-bond acceptors (Lipinski definition) is 5. The zero-order chi connectivity index (χ0) is 19.6. The summed E-state index contributed by atoms with van der Waals surface area (Å²) in [6, 6.07) is 16.4. The van der Waals surface area contributed by atoms with Crippen molar-refractivity contribution in [3.05, 3.63) is 76.5 Å². The molecule has 4 rings (SSSR count). The molecular formula is C20H15F3N4S. The van der Waals surface area contributed by atoms with Crippen LogP contribution in [0, 0.1) is 0 Å². The van der Waals surface area contributed by atoms with Crippen LogP contribution in [-0.2, 0) is 12.7 Å². The molecule has 2 N–H and O–H groups in total. The second-order valence-electron chi connectivity index (χ2n) is 6.05.